The molecule has 1 fully saturated rings. The second kappa shape index (κ2) is 9.04. The molecule has 0 radical (unpaired) electrons. The lowest BCUT2D eigenvalue weighted by molar-refractivity contribution is -0.141. The summed E-state index contributed by atoms with van der Waals surface area (Å²) in [6, 6.07) is 5.88. The van der Waals surface area contributed by atoms with Gasteiger partial charge >= 0.3 is 6.18 Å². The molecule has 0 aliphatic carbocycles. The summed E-state index contributed by atoms with van der Waals surface area (Å²) >= 11 is 1.21. The Kier molecular flexibility index (Phi) is 6.71. The maximum atomic E-state index is 13.1. The van der Waals surface area contributed by atoms with E-state index in [2.05, 4.69) is 10.2 Å². The molecule has 0 N–H and O–H groups in total. The van der Waals surface area contributed by atoms with Crippen LogP contribution in [0.15, 0.2) is 23.4 Å². The standard InChI is InChI=1S/C18H23F3N4O2S/c1-13-4-3-5-14(2)15(13)27-10-11-28-17-23-22-16(24-6-8-26-9-7-24)25(17)12-18(19,20)21/h3-5H,6-12H2,1-2H3. The van der Waals surface area contributed by atoms with Crippen LogP contribution in [-0.4, -0.2) is 59.6 Å². The molecule has 6 nitrogen and oxygen atoms in total. The topological polar surface area (TPSA) is 52.4 Å². The summed E-state index contributed by atoms with van der Waals surface area (Å²) in [6.45, 7) is 5.09. The summed E-state index contributed by atoms with van der Waals surface area (Å²) in [5, 5.41) is 8.24. The van der Waals surface area contributed by atoms with Gasteiger partial charge in [0.15, 0.2) is 5.16 Å². The Hall–Kier alpha value is -1.94. The average molecular weight is 416 g/mol. The molecular weight excluding hydrogens is 393 g/mol. The van der Waals surface area contributed by atoms with Gasteiger partial charge in [0, 0.05) is 18.8 Å². The number of ether oxygens (including phenoxy) is 2. The van der Waals surface area contributed by atoms with Crippen molar-refractivity contribution in [3.63, 3.8) is 0 Å². The van der Waals surface area contributed by atoms with Gasteiger partial charge in [-0.1, -0.05) is 30.0 Å². The minimum atomic E-state index is -4.35. The van der Waals surface area contributed by atoms with Crippen molar-refractivity contribution in [2.75, 3.05) is 43.6 Å². The Morgan fingerprint density at radius 3 is 2.46 bits per heavy atom. The Labute approximate surface area is 166 Å². The third-order valence-corrected chi connectivity index (χ3v) is 5.23. The summed E-state index contributed by atoms with van der Waals surface area (Å²) in [5.74, 6) is 1.51. The molecular formula is C18H23F3N4O2S. The third kappa shape index (κ3) is 5.32. The fraction of sp³-hybridized carbons (Fsp3) is 0.556. The maximum Gasteiger partial charge on any atom is 0.406 e. The van der Waals surface area contributed by atoms with E-state index in [1.807, 2.05) is 32.0 Å². The van der Waals surface area contributed by atoms with Gasteiger partial charge in [-0.05, 0) is 25.0 Å². The molecule has 1 saturated heterocycles. The van der Waals surface area contributed by atoms with Crippen LogP contribution in [-0.2, 0) is 11.3 Å². The zero-order valence-electron chi connectivity index (χ0n) is 15.8. The number of nitrogens with zero attached hydrogens (tertiary/aromatic N) is 4. The molecule has 0 bridgehead atoms. The summed E-state index contributed by atoms with van der Waals surface area (Å²) < 4.78 is 51.5. The monoisotopic (exact) mass is 416 g/mol. The summed E-state index contributed by atoms with van der Waals surface area (Å²) in [4.78, 5) is 1.78. The van der Waals surface area contributed by atoms with Crippen molar-refractivity contribution in [1.29, 1.82) is 0 Å². The van der Waals surface area contributed by atoms with E-state index in [0.29, 0.717) is 38.7 Å². The fourth-order valence-corrected chi connectivity index (χ4v) is 3.76. The predicted octanol–water partition coefficient (Wildman–Crippen LogP) is 3.46. The number of thioether (sulfide) groups is 1. The molecule has 1 aromatic heterocycles. The lowest BCUT2D eigenvalue weighted by Gasteiger charge is -2.28. The first-order chi connectivity index (χ1) is 13.3. The maximum absolute atomic E-state index is 13.1. The van der Waals surface area contributed by atoms with Crippen LogP contribution in [0.5, 0.6) is 5.75 Å². The minimum absolute atomic E-state index is 0.235. The Balaban J connectivity index is 1.66. The van der Waals surface area contributed by atoms with E-state index in [4.69, 9.17) is 9.47 Å². The number of aromatic nitrogens is 3. The molecule has 2 heterocycles. The van der Waals surface area contributed by atoms with Crippen LogP contribution in [0.3, 0.4) is 0 Å². The molecule has 10 heteroatoms. The van der Waals surface area contributed by atoms with Crippen LogP contribution in [0.4, 0.5) is 19.1 Å². The van der Waals surface area contributed by atoms with Gasteiger partial charge in [0.25, 0.3) is 0 Å². The van der Waals surface area contributed by atoms with Crippen molar-refractivity contribution < 1.29 is 22.6 Å². The van der Waals surface area contributed by atoms with Crippen molar-refractivity contribution in [3.05, 3.63) is 29.3 Å². The molecule has 0 atom stereocenters. The van der Waals surface area contributed by atoms with Gasteiger partial charge in [-0.3, -0.25) is 4.57 Å². The lowest BCUT2D eigenvalue weighted by Crippen LogP contribution is -2.38. The van der Waals surface area contributed by atoms with Crippen LogP contribution in [0, 0.1) is 13.8 Å². The van der Waals surface area contributed by atoms with E-state index in [0.717, 1.165) is 21.4 Å². The number of rotatable bonds is 7. The molecule has 0 unspecified atom stereocenters. The third-order valence-electron chi connectivity index (χ3n) is 4.30. The van der Waals surface area contributed by atoms with Crippen molar-refractivity contribution in [2.45, 2.75) is 31.7 Å². The van der Waals surface area contributed by atoms with E-state index < -0.39 is 12.7 Å². The van der Waals surface area contributed by atoms with Gasteiger partial charge in [-0.2, -0.15) is 13.2 Å². The van der Waals surface area contributed by atoms with Gasteiger partial charge in [0.2, 0.25) is 5.95 Å². The zero-order chi connectivity index (χ0) is 20.1. The largest absolute Gasteiger partial charge is 0.492 e. The van der Waals surface area contributed by atoms with Crippen LogP contribution in [0.25, 0.3) is 0 Å². The number of para-hydroxylation sites is 1. The Morgan fingerprint density at radius 1 is 1.14 bits per heavy atom. The molecule has 2 aromatic rings. The van der Waals surface area contributed by atoms with Gasteiger partial charge in [-0.25, -0.2) is 0 Å². The predicted molar refractivity (Wildman–Crippen MR) is 101 cm³/mol. The van der Waals surface area contributed by atoms with E-state index in [9.17, 15) is 13.2 Å². The lowest BCUT2D eigenvalue weighted by atomic mass is 10.1. The number of alkyl halides is 3. The molecule has 1 aliphatic heterocycles. The van der Waals surface area contributed by atoms with E-state index in [1.165, 1.54) is 11.8 Å². The minimum Gasteiger partial charge on any atom is -0.492 e. The number of hydrogen-bond acceptors (Lipinski definition) is 6. The van der Waals surface area contributed by atoms with Crippen LogP contribution >= 0.6 is 11.8 Å². The molecule has 154 valence electrons. The number of morpholine rings is 1. The van der Waals surface area contributed by atoms with Gasteiger partial charge in [-0.15, -0.1) is 10.2 Å². The quantitative estimate of drug-likeness (QED) is 0.509. The summed E-state index contributed by atoms with van der Waals surface area (Å²) in [7, 11) is 0. The normalized spacial score (nSPS) is 15.1. The Bertz CT molecular complexity index is 771. The molecule has 1 aliphatic rings. The zero-order valence-corrected chi connectivity index (χ0v) is 16.6. The van der Waals surface area contributed by atoms with Crippen LogP contribution in [0.1, 0.15) is 11.1 Å². The number of hydrogen-bond donors (Lipinski definition) is 0. The van der Waals surface area contributed by atoms with Gasteiger partial charge in [0.05, 0.1) is 19.8 Å². The highest BCUT2D eigenvalue weighted by atomic mass is 32.2. The van der Waals surface area contributed by atoms with E-state index in [1.54, 1.807) is 4.90 Å². The summed E-state index contributed by atoms with van der Waals surface area (Å²) in [5.41, 5.74) is 2.06. The highest BCUT2D eigenvalue weighted by molar-refractivity contribution is 7.99. The molecule has 3 rings (SSSR count). The number of benzene rings is 1. The van der Waals surface area contributed by atoms with Gasteiger partial charge < -0.3 is 14.4 Å². The first-order valence-corrected chi connectivity index (χ1v) is 9.98. The van der Waals surface area contributed by atoms with Crippen LogP contribution < -0.4 is 9.64 Å². The first-order valence-electron chi connectivity index (χ1n) is 8.99. The first kappa shape index (κ1) is 20.8. The van der Waals surface area contributed by atoms with Crippen molar-refractivity contribution in [3.8, 4) is 5.75 Å². The smallest absolute Gasteiger partial charge is 0.406 e. The highest BCUT2D eigenvalue weighted by Crippen LogP contribution is 2.28. The molecule has 1 aromatic carbocycles. The molecule has 0 spiro atoms. The fourth-order valence-electron chi connectivity index (χ4n) is 3.01. The Morgan fingerprint density at radius 2 is 1.82 bits per heavy atom. The second-order valence-corrected chi connectivity index (χ2v) is 7.56. The van der Waals surface area contributed by atoms with Crippen molar-refractivity contribution >= 4 is 17.7 Å². The number of aryl methyl sites for hydroxylation is 2. The number of halogens is 3. The van der Waals surface area contributed by atoms with Gasteiger partial charge in [0.1, 0.15) is 12.3 Å². The molecule has 0 amide bonds. The second-order valence-electron chi connectivity index (χ2n) is 6.50. The van der Waals surface area contributed by atoms with Crippen LogP contribution in [0.2, 0.25) is 0 Å². The molecule has 0 saturated carbocycles. The van der Waals surface area contributed by atoms with E-state index >= 15 is 0 Å². The summed E-state index contributed by atoms with van der Waals surface area (Å²) in [6.07, 6.45) is -4.35. The van der Waals surface area contributed by atoms with Crippen molar-refractivity contribution in [2.24, 2.45) is 0 Å². The SMILES string of the molecule is Cc1cccc(C)c1OCCSc1nnc(N2CCOCC2)n1CC(F)(F)F. The van der Waals surface area contributed by atoms with Crippen molar-refractivity contribution in [1.82, 2.24) is 14.8 Å². The van der Waals surface area contributed by atoms with E-state index in [-0.39, 0.29) is 11.1 Å². The molecule has 28 heavy (non-hydrogen) atoms. The average Bonchev–Trinajstić information content (AvgIpc) is 3.02. The highest BCUT2D eigenvalue weighted by Gasteiger charge is 2.32. The number of anilines is 1.